The maximum absolute atomic E-state index is 6.09. The molecule has 5 nitrogen and oxygen atoms in total. The summed E-state index contributed by atoms with van der Waals surface area (Å²) < 4.78 is 7.17. The van der Waals surface area contributed by atoms with Gasteiger partial charge in [0.25, 0.3) is 0 Å². The summed E-state index contributed by atoms with van der Waals surface area (Å²) in [6.45, 7) is 4.82. The largest absolute Gasteiger partial charge is 0.493 e. The van der Waals surface area contributed by atoms with Crippen molar-refractivity contribution in [3.8, 4) is 5.75 Å². The van der Waals surface area contributed by atoms with Gasteiger partial charge in [0.15, 0.2) is 5.13 Å². The predicted octanol–water partition coefficient (Wildman–Crippen LogP) is 4.75. The molecule has 2 heterocycles. The second kappa shape index (κ2) is 9.26. The van der Waals surface area contributed by atoms with Crippen LogP contribution in [-0.2, 0) is 6.54 Å². The zero-order valence-electron chi connectivity index (χ0n) is 16.2. The lowest BCUT2D eigenvalue weighted by atomic mass is 10.1. The third-order valence-electron chi connectivity index (χ3n) is 5.00. The molecule has 1 saturated heterocycles. The molecule has 3 N–H and O–H groups in total. The maximum Gasteiger partial charge on any atom is 0.183 e. The van der Waals surface area contributed by atoms with Gasteiger partial charge in [-0.15, -0.1) is 0 Å². The Labute approximate surface area is 170 Å². The molecule has 1 aliphatic rings. The molecular weight excluding hydrogens is 368 g/mol. The van der Waals surface area contributed by atoms with Crippen LogP contribution in [0.15, 0.2) is 42.5 Å². The molecule has 3 aromatic rings. The molecule has 148 valence electrons. The van der Waals surface area contributed by atoms with Crippen LogP contribution in [0.25, 0.3) is 10.2 Å². The van der Waals surface area contributed by atoms with Gasteiger partial charge in [-0.1, -0.05) is 29.9 Å². The van der Waals surface area contributed by atoms with E-state index in [1.54, 1.807) is 11.3 Å². The third-order valence-corrected chi connectivity index (χ3v) is 6.00. The first-order valence-electron chi connectivity index (χ1n) is 10.1. The first kappa shape index (κ1) is 19.0. The van der Waals surface area contributed by atoms with E-state index < -0.39 is 0 Å². The van der Waals surface area contributed by atoms with Gasteiger partial charge in [-0.3, -0.25) is 4.90 Å². The number of nitrogens with one attached hydrogen (secondary N) is 1. The summed E-state index contributed by atoms with van der Waals surface area (Å²) in [6, 6.07) is 14.3. The number of benzene rings is 2. The minimum atomic E-state index is 0.657. The Morgan fingerprint density at radius 1 is 1.11 bits per heavy atom. The zero-order valence-corrected chi connectivity index (χ0v) is 17.0. The van der Waals surface area contributed by atoms with Gasteiger partial charge in [-0.25, -0.2) is 4.98 Å². The number of nitrogen functional groups attached to an aromatic ring is 1. The number of thiazole rings is 1. The highest BCUT2D eigenvalue weighted by Crippen LogP contribution is 2.25. The number of piperidine rings is 1. The van der Waals surface area contributed by atoms with Crippen molar-refractivity contribution in [3.63, 3.8) is 0 Å². The molecule has 0 unspecified atom stereocenters. The molecule has 28 heavy (non-hydrogen) atoms. The van der Waals surface area contributed by atoms with E-state index in [-0.39, 0.29) is 0 Å². The Balaban J connectivity index is 1.24. The lowest BCUT2D eigenvalue weighted by Crippen LogP contribution is -2.29. The first-order valence-corrected chi connectivity index (χ1v) is 10.9. The van der Waals surface area contributed by atoms with Gasteiger partial charge in [-0.05, 0) is 62.2 Å². The van der Waals surface area contributed by atoms with Gasteiger partial charge >= 0.3 is 0 Å². The summed E-state index contributed by atoms with van der Waals surface area (Å²) in [5.74, 6) is 0.868. The second-order valence-electron chi connectivity index (χ2n) is 7.36. The van der Waals surface area contributed by atoms with Crippen molar-refractivity contribution in [2.45, 2.75) is 32.2 Å². The van der Waals surface area contributed by atoms with Crippen molar-refractivity contribution in [2.24, 2.45) is 0 Å². The van der Waals surface area contributed by atoms with Crippen LogP contribution in [0.5, 0.6) is 5.75 Å². The fourth-order valence-electron chi connectivity index (χ4n) is 3.64. The molecule has 0 bridgehead atoms. The zero-order chi connectivity index (χ0) is 19.2. The Kier molecular flexibility index (Phi) is 6.29. The minimum absolute atomic E-state index is 0.657. The number of nitrogens with two attached hydrogens (primary N) is 1. The third kappa shape index (κ3) is 5.14. The summed E-state index contributed by atoms with van der Waals surface area (Å²) in [4.78, 5) is 7.10. The number of fused-ring (bicyclic) bond motifs is 1. The van der Waals surface area contributed by atoms with Gasteiger partial charge in [0, 0.05) is 24.8 Å². The van der Waals surface area contributed by atoms with Crippen LogP contribution < -0.4 is 15.8 Å². The van der Waals surface area contributed by atoms with Gasteiger partial charge in [0.05, 0.1) is 16.8 Å². The number of nitrogens with zero attached hydrogens (tertiary/aromatic N) is 2. The minimum Gasteiger partial charge on any atom is -0.493 e. The van der Waals surface area contributed by atoms with Gasteiger partial charge in [0.2, 0.25) is 0 Å². The van der Waals surface area contributed by atoms with E-state index in [1.165, 1.54) is 42.6 Å². The Bertz CT molecular complexity index is 871. The van der Waals surface area contributed by atoms with Crippen LogP contribution >= 0.6 is 11.3 Å². The Morgan fingerprint density at radius 2 is 1.96 bits per heavy atom. The predicted molar refractivity (Wildman–Crippen MR) is 118 cm³/mol. The summed E-state index contributed by atoms with van der Waals surface area (Å²) in [5, 5.41) is 4.36. The average Bonchev–Trinajstić information content (AvgIpc) is 3.11. The molecule has 1 aromatic heterocycles. The highest BCUT2D eigenvalue weighted by molar-refractivity contribution is 7.22. The summed E-state index contributed by atoms with van der Waals surface area (Å²) >= 11 is 1.69. The molecule has 4 rings (SSSR count). The maximum atomic E-state index is 6.09. The smallest absolute Gasteiger partial charge is 0.183 e. The molecule has 0 amide bonds. The molecule has 0 aliphatic carbocycles. The molecule has 0 saturated carbocycles. The fourth-order valence-corrected chi connectivity index (χ4v) is 4.53. The van der Waals surface area contributed by atoms with E-state index >= 15 is 0 Å². The lowest BCUT2D eigenvalue weighted by molar-refractivity contribution is 0.220. The highest BCUT2D eigenvalue weighted by Gasteiger charge is 2.11. The Hall–Kier alpha value is -2.31. The van der Waals surface area contributed by atoms with E-state index in [0.717, 1.165) is 41.6 Å². The van der Waals surface area contributed by atoms with Crippen molar-refractivity contribution >= 4 is 32.4 Å². The summed E-state index contributed by atoms with van der Waals surface area (Å²) in [6.07, 6.45) is 4.86. The van der Waals surface area contributed by atoms with E-state index in [1.807, 2.05) is 24.3 Å². The normalized spacial score (nSPS) is 15.0. The molecule has 0 radical (unpaired) electrons. The van der Waals surface area contributed by atoms with Crippen LogP contribution in [0.1, 0.15) is 31.2 Å². The second-order valence-corrected chi connectivity index (χ2v) is 8.39. The van der Waals surface area contributed by atoms with E-state index in [0.29, 0.717) is 6.61 Å². The number of anilines is 2. The van der Waals surface area contributed by atoms with E-state index in [9.17, 15) is 0 Å². The van der Waals surface area contributed by atoms with Crippen LogP contribution in [0.4, 0.5) is 10.8 Å². The number of para-hydroxylation sites is 1. The van der Waals surface area contributed by atoms with E-state index in [4.69, 9.17) is 10.5 Å². The van der Waals surface area contributed by atoms with Crippen LogP contribution in [0, 0.1) is 0 Å². The van der Waals surface area contributed by atoms with Gasteiger partial charge in [-0.2, -0.15) is 0 Å². The number of hydrogen-bond donors (Lipinski definition) is 2. The van der Waals surface area contributed by atoms with Crippen LogP contribution in [-0.4, -0.2) is 36.1 Å². The van der Waals surface area contributed by atoms with Gasteiger partial charge in [0.1, 0.15) is 5.75 Å². The number of hydrogen-bond acceptors (Lipinski definition) is 6. The van der Waals surface area contributed by atoms with Gasteiger partial charge < -0.3 is 15.8 Å². The van der Waals surface area contributed by atoms with Crippen LogP contribution in [0.2, 0.25) is 0 Å². The molecule has 1 fully saturated rings. The lowest BCUT2D eigenvalue weighted by Gasteiger charge is -2.26. The summed E-state index contributed by atoms with van der Waals surface area (Å²) in [5.41, 5.74) is 9.15. The van der Waals surface area contributed by atoms with Crippen LogP contribution in [0.3, 0.4) is 0 Å². The number of rotatable bonds is 8. The first-order chi connectivity index (χ1) is 13.8. The Morgan fingerprint density at radius 3 is 2.82 bits per heavy atom. The fraction of sp³-hybridized carbons (Fsp3) is 0.409. The number of aromatic nitrogens is 1. The standard InChI is InChI=1S/C22H28N4OS/c23-18-13-17(16-26-10-4-1-5-11-26)14-19(15-18)27-12-6-9-24-22-25-20-7-2-3-8-21(20)28-22/h2-3,7-8,13-15H,1,4-6,9-12,16,23H2,(H,24,25). The average molecular weight is 397 g/mol. The molecule has 6 heteroatoms. The SMILES string of the molecule is Nc1cc(CN2CCCCC2)cc(OCCCNc2nc3ccccc3s2)c1. The summed E-state index contributed by atoms with van der Waals surface area (Å²) in [7, 11) is 0. The van der Waals surface area contributed by atoms with E-state index in [2.05, 4.69) is 33.4 Å². The quantitative estimate of drug-likeness (QED) is 0.425. The number of ether oxygens (including phenoxy) is 1. The molecule has 0 spiro atoms. The van der Waals surface area contributed by atoms with Crippen molar-refractivity contribution in [1.29, 1.82) is 0 Å². The monoisotopic (exact) mass is 396 g/mol. The molecular formula is C22H28N4OS. The molecule has 2 aromatic carbocycles. The topological polar surface area (TPSA) is 63.4 Å². The van der Waals surface area contributed by atoms with Crippen molar-refractivity contribution < 1.29 is 4.74 Å². The molecule has 0 atom stereocenters. The molecule has 1 aliphatic heterocycles. The van der Waals surface area contributed by atoms with Crippen molar-refractivity contribution in [1.82, 2.24) is 9.88 Å². The van der Waals surface area contributed by atoms with Crippen molar-refractivity contribution in [3.05, 3.63) is 48.0 Å². The number of likely N-dealkylation sites (tertiary alicyclic amines) is 1. The van der Waals surface area contributed by atoms with Crippen molar-refractivity contribution in [2.75, 3.05) is 37.3 Å². The highest BCUT2D eigenvalue weighted by atomic mass is 32.1.